The number of methoxy groups -OCH3 is 1. The molecule has 2 aromatic carbocycles. The first kappa shape index (κ1) is 9.66. The fourth-order valence-electron chi connectivity index (χ4n) is 1.47. The second-order valence-corrected chi connectivity index (χ2v) is 3.68. The minimum Gasteiger partial charge on any atom is -0.465 e. The van der Waals surface area contributed by atoms with Crippen LogP contribution in [0.1, 0.15) is 24.2 Å². The minimum atomic E-state index is -0.416. The van der Waals surface area contributed by atoms with Crippen molar-refractivity contribution in [1.82, 2.24) is 0 Å². The van der Waals surface area contributed by atoms with Crippen molar-refractivity contribution < 1.29 is 12.3 Å². The maximum absolute atomic E-state index is 11.3. The van der Waals surface area contributed by atoms with Crippen molar-refractivity contribution in [2.24, 2.45) is 0 Å². The van der Waals surface area contributed by atoms with Gasteiger partial charge in [-0.2, -0.15) is 0 Å². The Morgan fingerprint density at radius 3 is 2.11 bits per heavy atom. The molecule has 90 valence electrons. The number of ether oxygens (including phenoxy) is 1. The number of esters is 1. The predicted octanol–water partition coefficient (Wildman–Crippen LogP) is 3.64. The molecule has 0 saturated heterocycles. The van der Waals surface area contributed by atoms with E-state index in [4.69, 9.17) is 2.74 Å². The van der Waals surface area contributed by atoms with Gasteiger partial charge in [0.2, 0.25) is 0 Å². The summed E-state index contributed by atoms with van der Waals surface area (Å²) in [5, 5.41) is 0. The summed E-state index contributed by atoms with van der Waals surface area (Å²) in [5.74, 6) is -0.416. The first-order valence-electron chi connectivity index (χ1n) is 6.55. The van der Waals surface area contributed by atoms with Gasteiger partial charge in [-0.05, 0) is 23.3 Å². The molecule has 0 N–H and O–H groups in total. The van der Waals surface area contributed by atoms with Crippen molar-refractivity contribution in [2.75, 3.05) is 7.11 Å². The zero-order chi connectivity index (χ0) is 14.5. The second-order valence-electron chi connectivity index (χ2n) is 3.68. The molecule has 0 aromatic heterocycles. The van der Waals surface area contributed by atoms with Crippen LogP contribution in [0.4, 0.5) is 0 Å². The van der Waals surface area contributed by atoms with Crippen molar-refractivity contribution in [3.8, 4) is 0 Å². The van der Waals surface area contributed by atoms with Crippen molar-refractivity contribution in [1.29, 1.82) is 0 Å². The topological polar surface area (TPSA) is 26.3 Å². The van der Waals surface area contributed by atoms with Gasteiger partial charge in [0.25, 0.3) is 0 Å². The van der Waals surface area contributed by atoms with Crippen LogP contribution in [0.5, 0.6) is 0 Å². The maximum atomic E-state index is 11.3. The van der Waals surface area contributed by atoms with E-state index in [0.717, 1.165) is 0 Å². The van der Waals surface area contributed by atoms with E-state index < -0.39 is 5.97 Å². The molecule has 0 bridgehead atoms. The van der Waals surface area contributed by atoms with Crippen LogP contribution >= 0.6 is 0 Å². The number of rotatable bonds is 3. The molecule has 0 aliphatic carbocycles. The lowest BCUT2D eigenvalue weighted by atomic mass is 10.1. The van der Waals surface area contributed by atoms with Crippen molar-refractivity contribution in [2.45, 2.75) is 0 Å². The number of carbonyl (C=O) groups is 1. The van der Waals surface area contributed by atoms with Crippen molar-refractivity contribution in [3.05, 3.63) is 71.3 Å². The molecule has 0 atom stereocenters. The molecule has 0 unspecified atom stereocenters. The van der Waals surface area contributed by atoms with Crippen LogP contribution in [0.3, 0.4) is 0 Å². The third-order valence-corrected chi connectivity index (χ3v) is 2.43. The monoisotopic (exact) mass is 240 g/mol. The van der Waals surface area contributed by atoms with E-state index in [-0.39, 0.29) is 12.1 Å². The number of benzene rings is 2. The zero-order valence-electron chi connectivity index (χ0n) is 12.0. The molecular formula is C16H14O2. The molecule has 18 heavy (non-hydrogen) atoms. The van der Waals surface area contributed by atoms with Gasteiger partial charge < -0.3 is 4.74 Å². The van der Waals surface area contributed by atoms with Gasteiger partial charge in [-0.3, -0.25) is 0 Å². The number of hydrogen-bond donors (Lipinski definition) is 0. The minimum absolute atomic E-state index is 0.118. The molecule has 2 nitrogen and oxygen atoms in total. The molecule has 2 heteroatoms. The Kier molecular flexibility index (Phi) is 3.12. The SMILES string of the molecule is [2H]/C(=C(/[2H])c1ccc(C(=O)OC)cc1)c1ccccc1. The van der Waals surface area contributed by atoms with Crippen LogP contribution < -0.4 is 0 Å². The predicted molar refractivity (Wildman–Crippen MR) is 73.2 cm³/mol. The lowest BCUT2D eigenvalue weighted by Crippen LogP contribution is -2.00. The van der Waals surface area contributed by atoms with Gasteiger partial charge in [-0.25, -0.2) is 4.79 Å². The highest BCUT2D eigenvalue weighted by atomic mass is 16.5. The second kappa shape index (κ2) is 5.82. The van der Waals surface area contributed by atoms with E-state index in [1.165, 1.54) is 7.11 Å². The molecule has 0 spiro atoms. The average Bonchev–Trinajstić information content (AvgIpc) is 2.53. The third kappa shape index (κ3) is 3.08. The standard InChI is InChI=1S/C16H14O2/c1-18-16(17)15-11-9-14(10-12-15)8-7-13-5-3-2-4-6-13/h2-12H,1H3/b8-7+/i7D,8D. The molecular weight excluding hydrogens is 224 g/mol. The van der Waals surface area contributed by atoms with Crippen LogP contribution in [0, 0.1) is 0 Å². The smallest absolute Gasteiger partial charge is 0.337 e. The van der Waals surface area contributed by atoms with E-state index in [1.54, 1.807) is 36.4 Å². The number of carbonyl (C=O) groups excluding carboxylic acids is 1. The van der Waals surface area contributed by atoms with Gasteiger partial charge in [0.1, 0.15) is 0 Å². The molecule has 0 aliphatic rings. The van der Waals surface area contributed by atoms with Crippen LogP contribution in [0.15, 0.2) is 54.6 Å². The fourth-order valence-corrected chi connectivity index (χ4v) is 1.47. The van der Waals surface area contributed by atoms with Gasteiger partial charge in [0.15, 0.2) is 0 Å². The van der Waals surface area contributed by atoms with Crippen LogP contribution in [-0.2, 0) is 4.74 Å². The lowest BCUT2D eigenvalue weighted by molar-refractivity contribution is 0.0601. The summed E-state index contributed by atoms with van der Waals surface area (Å²) in [6.07, 6.45) is 0. The summed E-state index contributed by atoms with van der Waals surface area (Å²) in [7, 11) is 1.32. The van der Waals surface area contributed by atoms with Gasteiger partial charge in [0, 0.05) is 0 Å². The fraction of sp³-hybridized carbons (Fsp3) is 0.0625. The van der Waals surface area contributed by atoms with E-state index in [2.05, 4.69) is 4.74 Å². The Labute approximate surface area is 109 Å². The summed E-state index contributed by atoms with van der Waals surface area (Å²) in [5.41, 5.74) is 1.70. The average molecular weight is 240 g/mol. The summed E-state index contributed by atoms with van der Waals surface area (Å²) in [6, 6.07) is 15.9. The Morgan fingerprint density at radius 2 is 1.56 bits per heavy atom. The molecule has 0 aliphatic heterocycles. The molecule has 0 amide bonds. The Morgan fingerprint density at radius 1 is 1.00 bits per heavy atom. The Bertz CT molecular complexity index is 631. The van der Waals surface area contributed by atoms with Gasteiger partial charge in [-0.1, -0.05) is 54.6 Å². The van der Waals surface area contributed by atoms with Gasteiger partial charge >= 0.3 is 5.97 Å². The summed E-state index contributed by atoms with van der Waals surface area (Å²) < 4.78 is 20.7. The van der Waals surface area contributed by atoms with E-state index in [1.807, 2.05) is 18.2 Å². The van der Waals surface area contributed by atoms with E-state index >= 15 is 0 Å². The summed E-state index contributed by atoms with van der Waals surface area (Å²) >= 11 is 0. The van der Waals surface area contributed by atoms with Crippen LogP contribution in [0.25, 0.3) is 12.1 Å². The molecule has 2 rings (SSSR count). The highest BCUT2D eigenvalue weighted by Gasteiger charge is 2.02. The first-order valence-corrected chi connectivity index (χ1v) is 5.55. The van der Waals surface area contributed by atoms with Gasteiger partial charge in [0.05, 0.1) is 15.4 Å². The van der Waals surface area contributed by atoms with E-state index in [0.29, 0.717) is 16.7 Å². The van der Waals surface area contributed by atoms with Crippen molar-refractivity contribution in [3.63, 3.8) is 0 Å². The summed E-state index contributed by atoms with van der Waals surface area (Å²) in [6.45, 7) is 0. The highest BCUT2D eigenvalue weighted by molar-refractivity contribution is 5.89. The Balaban J connectivity index is 2.34. The molecule has 0 heterocycles. The van der Waals surface area contributed by atoms with E-state index in [9.17, 15) is 4.79 Å². The largest absolute Gasteiger partial charge is 0.465 e. The number of hydrogen-bond acceptors (Lipinski definition) is 2. The quantitative estimate of drug-likeness (QED) is 0.604. The summed E-state index contributed by atoms with van der Waals surface area (Å²) in [4.78, 5) is 11.3. The normalized spacial score (nSPS) is 13.2. The molecule has 0 saturated carbocycles. The lowest BCUT2D eigenvalue weighted by Gasteiger charge is -1.99. The third-order valence-electron chi connectivity index (χ3n) is 2.43. The van der Waals surface area contributed by atoms with Crippen molar-refractivity contribution >= 4 is 18.1 Å². The first-order chi connectivity index (χ1) is 9.63. The molecule has 0 fully saturated rings. The van der Waals surface area contributed by atoms with Crippen LogP contribution in [-0.4, -0.2) is 13.1 Å². The van der Waals surface area contributed by atoms with Gasteiger partial charge in [-0.15, -0.1) is 0 Å². The highest BCUT2D eigenvalue weighted by Crippen LogP contribution is 2.10. The Hall–Kier alpha value is -2.35. The van der Waals surface area contributed by atoms with Crippen LogP contribution in [0.2, 0.25) is 0 Å². The molecule has 2 aromatic rings. The maximum Gasteiger partial charge on any atom is 0.337 e. The zero-order valence-corrected chi connectivity index (χ0v) is 10.0. The molecule has 0 radical (unpaired) electrons.